The summed E-state index contributed by atoms with van der Waals surface area (Å²) in [6.45, 7) is 2.69. The summed E-state index contributed by atoms with van der Waals surface area (Å²) in [6, 6.07) is 2.78. The Hall–Kier alpha value is -1.95. The van der Waals surface area contributed by atoms with E-state index in [1.54, 1.807) is 11.8 Å². The molecule has 0 saturated carbocycles. The van der Waals surface area contributed by atoms with Crippen molar-refractivity contribution in [3.05, 3.63) is 29.6 Å². The first-order chi connectivity index (χ1) is 8.89. The number of amides is 1. The van der Waals surface area contributed by atoms with E-state index in [1.165, 1.54) is 18.3 Å². The minimum Gasteiger partial charge on any atom is -0.477 e. The molecule has 102 valence electrons. The van der Waals surface area contributed by atoms with Gasteiger partial charge in [-0.2, -0.15) is 0 Å². The van der Waals surface area contributed by atoms with Gasteiger partial charge in [0.15, 0.2) is 0 Å². The molecule has 6 nitrogen and oxygen atoms in total. The number of rotatable bonds is 2. The Morgan fingerprint density at radius 1 is 1.37 bits per heavy atom. The van der Waals surface area contributed by atoms with Crippen LogP contribution in [0.4, 0.5) is 0 Å². The van der Waals surface area contributed by atoms with Crippen LogP contribution in [0.5, 0.6) is 0 Å². The molecule has 0 spiro atoms. The minimum atomic E-state index is -1.16. The lowest BCUT2D eigenvalue weighted by Gasteiger charge is -2.35. The van der Waals surface area contributed by atoms with Crippen molar-refractivity contribution in [3.8, 4) is 0 Å². The SMILES string of the molecule is CC1(O)CCN(C(=O)c2ccnc(C(=O)O)c2)CC1. The van der Waals surface area contributed by atoms with Crippen LogP contribution in [0.15, 0.2) is 18.3 Å². The summed E-state index contributed by atoms with van der Waals surface area (Å²) in [5, 5.41) is 18.7. The smallest absolute Gasteiger partial charge is 0.354 e. The summed E-state index contributed by atoms with van der Waals surface area (Å²) in [6.07, 6.45) is 2.36. The van der Waals surface area contributed by atoms with Crippen LogP contribution in [0.3, 0.4) is 0 Å². The first-order valence-corrected chi connectivity index (χ1v) is 6.10. The molecule has 0 unspecified atom stereocenters. The fourth-order valence-electron chi connectivity index (χ4n) is 2.05. The Morgan fingerprint density at radius 3 is 2.58 bits per heavy atom. The van der Waals surface area contributed by atoms with Gasteiger partial charge in [-0.15, -0.1) is 0 Å². The highest BCUT2D eigenvalue weighted by molar-refractivity contribution is 5.96. The zero-order valence-electron chi connectivity index (χ0n) is 10.7. The highest BCUT2D eigenvalue weighted by Crippen LogP contribution is 2.22. The molecule has 1 aliphatic rings. The third-order valence-corrected chi connectivity index (χ3v) is 3.35. The molecule has 0 bridgehead atoms. The molecule has 1 aromatic heterocycles. The van der Waals surface area contributed by atoms with E-state index in [4.69, 9.17) is 5.11 Å². The van der Waals surface area contributed by atoms with Crippen molar-refractivity contribution in [2.24, 2.45) is 0 Å². The second-order valence-electron chi connectivity index (χ2n) is 5.02. The van der Waals surface area contributed by atoms with E-state index in [9.17, 15) is 14.7 Å². The van der Waals surface area contributed by atoms with Crippen LogP contribution in [-0.2, 0) is 0 Å². The van der Waals surface area contributed by atoms with Crippen LogP contribution in [0.2, 0.25) is 0 Å². The molecule has 1 amide bonds. The molecule has 1 fully saturated rings. The number of aliphatic hydroxyl groups is 1. The number of carboxylic acid groups (broad SMARTS) is 1. The zero-order valence-corrected chi connectivity index (χ0v) is 10.7. The minimum absolute atomic E-state index is 0.144. The summed E-state index contributed by atoms with van der Waals surface area (Å²) in [5.41, 5.74) is -0.551. The predicted molar refractivity (Wildman–Crippen MR) is 67.0 cm³/mol. The third kappa shape index (κ3) is 3.08. The van der Waals surface area contributed by atoms with Gasteiger partial charge in [0.1, 0.15) is 5.69 Å². The van der Waals surface area contributed by atoms with E-state index in [0.29, 0.717) is 31.5 Å². The number of aromatic carboxylic acids is 1. The topological polar surface area (TPSA) is 90.7 Å². The van der Waals surface area contributed by atoms with Crippen LogP contribution >= 0.6 is 0 Å². The summed E-state index contributed by atoms with van der Waals surface area (Å²) in [7, 11) is 0. The van der Waals surface area contributed by atoms with E-state index in [1.807, 2.05) is 0 Å². The Bertz CT molecular complexity index is 503. The number of carbonyl (C=O) groups excluding carboxylic acids is 1. The third-order valence-electron chi connectivity index (χ3n) is 3.35. The molecule has 19 heavy (non-hydrogen) atoms. The average Bonchev–Trinajstić information content (AvgIpc) is 2.38. The van der Waals surface area contributed by atoms with Crippen LogP contribution in [0, 0.1) is 0 Å². The molecule has 2 N–H and O–H groups in total. The molecular weight excluding hydrogens is 248 g/mol. The van der Waals surface area contributed by atoms with Gasteiger partial charge in [0, 0.05) is 24.8 Å². The van der Waals surface area contributed by atoms with Crippen LogP contribution in [0.25, 0.3) is 0 Å². The first kappa shape index (κ1) is 13.5. The maximum atomic E-state index is 12.2. The van der Waals surface area contributed by atoms with Gasteiger partial charge in [0.2, 0.25) is 0 Å². The first-order valence-electron chi connectivity index (χ1n) is 6.10. The largest absolute Gasteiger partial charge is 0.477 e. The fraction of sp³-hybridized carbons (Fsp3) is 0.462. The van der Waals surface area contributed by atoms with E-state index in [0.717, 1.165) is 0 Å². The molecule has 2 heterocycles. The van der Waals surface area contributed by atoms with Crippen molar-refractivity contribution >= 4 is 11.9 Å². The van der Waals surface area contributed by atoms with Crippen molar-refractivity contribution in [1.29, 1.82) is 0 Å². The Balaban J connectivity index is 2.12. The molecule has 0 radical (unpaired) electrons. The standard InChI is InChI=1S/C13H16N2O4/c1-13(19)3-6-15(7-4-13)11(16)9-2-5-14-10(8-9)12(17)18/h2,5,8,19H,3-4,6-7H2,1H3,(H,17,18). The zero-order chi connectivity index (χ0) is 14.0. The van der Waals surface area contributed by atoms with Crippen molar-refractivity contribution in [1.82, 2.24) is 9.88 Å². The molecular formula is C13H16N2O4. The van der Waals surface area contributed by atoms with Crippen molar-refractivity contribution < 1.29 is 19.8 Å². The number of carbonyl (C=O) groups is 2. The maximum absolute atomic E-state index is 12.2. The highest BCUT2D eigenvalue weighted by Gasteiger charge is 2.30. The molecule has 1 aromatic rings. The summed E-state index contributed by atoms with van der Waals surface area (Å²) < 4.78 is 0. The molecule has 0 aromatic carbocycles. The number of hydrogen-bond acceptors (Lipinski definition) is 4. The second-order valence-corrected chi connectivity index (χ2v) is 5.02. The Labute approximate surface area is 110 Å². The molecule has 1 aliphatic heterocycles. The van der Waals surface area contributed by atoms with E-state index in [2.05, 4.69) is 4.98 Å². The number of nitrogens with zero attached hydrogens (tertiary/aromatic N) is 2. The molecule has 0 atom stereocenters. The number of piperidine rings is 1. The van der Waals surface area contributed by atoms with E-state index >= 15 is 0 Å². The van der Waals surface area contributed by atoms with Crippen molar-refractivity contribution in [3.63, 3.8) is 0 Å². The number of pyridine rings is 1. The number of likely N-dealkylation sites (tertiary alicyclic amines) is 1. The number of aromatic nitrogens is 1. The van der Waals surface area contributed by atoms with Crippen LogP contribution < -0.4 is 0 Å². The summed E-state index contributed by atoms with van der Waals surface area (Å²) >= 11 is 0. The van der Waals surface area contributed by atoms with Gasteiger partial charge < -0.3 is 15.1 Å². The molecule has 2 rings (SSSR count). The van der Waals surface area contributed by atoms with Gasteiger partial charge in [0.05, 0.1) is 5.60 Å². The number of hydrogen-bond donors (Lipinski definition) is 2. The highest BCUT2D eigenvalue weighted by atomic mass is 16.4. The Morgan fingerprint density at radius 2 is 2.00 bits per heavy atom. The van der Waals surface area contributed by atoms with Crippen molar-refractivity contribution in [2.45, 2.75) is 25.4 Å². The van der Waals surface area contributed by atoms with E-state index in [-0.39, 0.29) is 11.6 Å². The molecule has 6 heteroatoms. The van der Waals surface area contributed by atoms with Gasteiger partial charge in [-0.25, -0.2) is 9.78 Å². The second kappa shape index (κ2) is 4.97. The van der Waals surface area contributed by atoms with Crippen LogP contribution in [0.1, 0.15) is 40.6 Å². The maximum Gasteiger partial charge on any atom is 0.354 e. The van der Waals surface area contributed by atoms with Gasteiger partial charge in [-0.1, -0.05) is 0 Å². The Kier molecular flexibility index (Phi) is 3.53. The predicted octanol–water partition coefficient (Wildman–Crippen LogP) is 0.767. The molecule has 0 aliphatic carbocycles. The van der Waals surface area contributed by atoms with Crippen LogP contribution in [-0.4, -0.2) is 50.7 Å². The van der Waals surface area contributed by atoms with Gasteiger partial charge >= 0.3 is 5.97 Å². The fourth-order valence-corrected chi connectivity index (χ4v) is 2.05. The quantitative estimate of drug-likeness (QED) is 0.823. The van der Waals surface area contributed by atoms with Gasteiger partial charge in [-0.05, 0) is 31.9 Å². The van der Waals surface area contributed by atoms with Gasteiger partial charge in [-0.3, -0.25) is 4.79 Å². The monoisotopic (exact) mass is 264 g/mol. The number of carboxylic acids is 1. The summed E-state index contributed by atoms with van der Waals surface area (Å²) in [5.74, 6) is -1.38. The van der Waals surface area contributed by atoms with Crippen molar-refractivity contribution in [2.75, 3.05) is 13.1 Å². The summed E-state index contributed by atoms with van der Waals surface area (Å²) in [4.78, 5) is 28.3. The molecule has 1 saturated heterocycles. The lowest BCUT2D eigenvalue weighted by atomic mass is 9.93. The lowest BCUT2D eigenvalue weighted by molar-refractivity contribution is -0.00203. The lowest BCUT2D eigenvalue weighted by Crippen LogP contribution is -2.45. The normalized spacial score (nSPS) is 18.1. The average molecular weight is 264 g/mol. The van der Waals surface area contributed by atoms with E-state index < -0.39 is 11.6 Å². The van der Waals surface area contributed by atoms with Gasteiger partial charge in [0.25, 0.3) is 5.91 Å².